The van der Waals surface area contributed by atoms with Crippen molar-refractivity contribution in [1.29, 1.82) is 0 Å². The molecule has 218 valence electrons. The smallest absolute Gasteiger partial charge is 0.220 e. The molecule has 0 saturated carbocycles. The first-order valence-electron chi connectivity index (χ1n) is 14.3. The number of carbonyl (C=O) groups is 1. The van der Waals surface area contributed by atoms with Crippen molar-refractivity contribution in [3.8, 4) is 0 Å². The number of H-pyrrole nitrogens is 1. The highest BCUT2D eigenvalue weighted by atomic mass is 16.5. The van der Waals surface area contributed by atoms with Crippen LogP contribution < -0.4 is 10.6 Å². The van der Waals surface area contributed by atoms with E-state index >= 15 is 0 Å². The Morgan fingerprint density at radius 1 is 1.02 bits per heavy atom. The van der Waals surface area contributed by atoms with Crippen LogP contribution in [0.25, 0.3) is 32.8 Å². The van der Waals surface area contributed by atoms with Crippen molar-refractivity contribution in [2.45, 2.75) is 43.9 Å². The lowest BCUT2D eigenvalue weighted by Crippen LogP contribution is -2.46. The molecule has 1 saturated heterocycles. The number of aromatic amines is 1. The second-order valence-corrected chi connectivity index (χ2v) is 10.8. The Labute approximate surface area is 246 Å². The number of nitrogens with one attached hydrogen (secondary N) is 3. The van der Waals surface area contributed by atoms with Gasteiger partial charge in [0.1, 0.15) is 24.6 Å². The zero-order chi connectivity index (χ0) is 29.3. The standard InChI is InChI=1S/C32H31N7O4/c40-16-25-29(42)27(38-26(41)12-11-22-15-33-24-8-4-3-7-23(22)24)32(43-25)39-18-37-28-30(35-17-36-31(28)39)34-14-19-9-10-20-5-1-2-6-21(20)13-19/h1-10,13,15,17-18,25,27,29,32-33,40,42H,11-12,14,16H2,(H,38,41)(H,34,35,36)/t25-,27-,29-,32-/m1/s1. The quantitative estimate of drug-likeness (QED) is 0.175. The molecule has 1 fully saturated rings. The molecule has 11 nitrogen and oxygen atoms in total. The molecule has 1 aliphatic heterocycles. The highest BCUT2D eigenvalue weighted by Crippen LogP contribution is 2.32. The molecule has 1 aliphatic rings. The number of hydrogen-bond acceptors (Lipinski definition) is 8. The average molecular weight is 578 g/mol. The summed E-state index contributed by atoms with van der Waals surface area (Å²) in [6, 6.07) is 21.6. The van der Waals surface area contributed by atoms with Gasteiger partial charge in [0.15, 0.2) is 23.2 Å². The number of hydrogen-bond donors (Lipinski definition) is 5. The third-order valence-electron chi connectivity index (χ3n) is 8.08. The van der Waals surface area contributed by atoms with Gasteiger partial charge in [0.2, 0.25) is 5.91 Å². The van der Waals surface area contributed by atoms with Crippen LogP contribution in [-0.4, -0.2) is 65.5 Å². The highest BCUT2D eigenvalue weighted by molar-refractivity contribution is 5.85. The largest absolute Gasteiger partial charge is 0.394 e. The summed E-state index contributed by atoms with van der Waals surface area (Å²) in [5.41, 5.74) is 4.15. The number of aromatic nitrogens is 5. The van der Waals surface area contributed by atoms with Crippen LogP contribution in [0.3, 0.4) is 0 Å². The fourth-order valence-electron chi connectivity index (χ4n) is 5.84. The van der Waals surface area contributed by atoms with Crippen molar-refractivity contribution < 1.29 is 19.7 Å². The van der Waals surface area contributed by atoms with E-state index in [0.717, 1.165) is 27.4 Å². The van der Waals surface area contributed by atoms with Crippen LogP contribution in [0.1, 0.15) is 23.8 Å². The van der Waals surface area contributed by atoms with Gasteiger partial charge in [-0.25, -0.2) is 15.0 Å². The van der Waals surface area contributed by atoms with E-state index in [-0.39, 0.29) is 12.3 Å². The predicted molar refractivity (Wildman–Crippen MR) is 162 cm³/mol. The van der Waals surface area contributed by atoms with E-state index < -0.39 is 31.1 Å². The number of carbonyl (C=O) groups excluding carboxylic acids is 1. The minimum Gasteiger partial charge on any atom is -0.394 e. The van der Waals surface area contributed by atoms with E-state index in [4.69, 9.17) is 4.74 Å². The van der Waals surface area contributed by atoms with Gasteiger partial charge in [-0.3, -0.25) is 9.36 Å². The number of benzene rings is 3. The number of anilines is 1. The average Bonchev–Trinajstić information content (AvgIpc) is 3.74. The number of rotatable bonds is 9. The van der Waals surface area contributed by atoms with Crippen molar-refractivity contribution in [2.24, 2.45) is 0 Å². The predicted octanol–water partition coefficient (Wildman–Crippen LogP) is 3.44. The summed E-state index contributed by atoms with van der Waals surface area (Å²) in [5, 5.41) is 30.6. The Bertz CT molecular complexity index is 1920. The van der Waals surface area contributed by atoms with Gasteiger partial charge in [0.25, 0.3) is 0 Å². The van der Waals surface area contributed by atoms with E-state index in [9.17, 15) is 15.0 Å². The second-order valence-electron chi connectivity index (χ2n) is 10.8. The Balaban J connectivity index is 1.09. The lowest BCUT2D eigenvalue weighted by Gasteiger charge is -2.23. The number of para-hydroxylation sites is 1. The number of aliphatic hydroxyl groups is 2. The van der Waals surface area contributed by atoms with Gasteiger partial charge in [0.05, 0.1) is 12.9 Å². The van der Waals surface area contributed by atoms with E-state index in [1.165, 1.54) is 11.7 Å². The molecule has 0 aliphatic carbocycles. The van der Waals surface area contributed by atoms with E-state index in [1.807, 2.05) is 42.6 Å². The van der Waals surface area contributed by atoms with Crippen LogP contribution in [0.4, 0.5) is 5.82 Å². The van der Waals surface area contributed by atoms with E-state index in [2.05, 4.69) is 60.9 Å². The molecule has 4 heterocycles. The molecule has 3 aromatic carbocycles. The topological polar surface area (TPSA) is 150 Å². The number of aryl methyl sites for hydroxylation is 1. The number of imidazole rings is 1. The van der Waals surface area contributed by atoms with Crippen LogP contribution in [0, 0.1) is 0 Å². The minimum absolute atomic E-state index is 0.220. The number of nitrogens with zero attached hydrogens (tertiary/aromatic N) is 4. The summed E-state index contributed by atoms with van der Waals surface area (Å²) in [7, 11) is 0. The summed E-state index contributed by atoms with van der Waals surface area (Å²) in [6.07, 6.45) is 2.82. The lowest BCUT2D eigenvalue weighted by atomic mass is 10.1. The third kappa shape index (κ3) is 5.18. The summed E-state index contributed by atoms with van der Waals surface area (Å²) < 4.78 is 7.70. The molecule has 43 heavy (non-hydrogen) atoms. The van der Waals surface area contributed by atoms with Crippen LogP contribution in [-0.2, 0) is 22.5 Å². The molecule has 0 radical (unpaired) electrons. The normalized spacial score (nSPS) is 20.2. The monoisotopic (exact) mass is 577 g/mol. The van der Waals surface area contributed by atoms with Crippen LogP contribution in [0.2, 0.25) is 0 Å². The van der Waals surface area contributed by atoms with Gasteiger partial charge in [0, 0.05) is 30.1 Å². The summed E-state index contributed by atoms with van der Waals surface area (Å²) in [5.74, 6) is 0.312. The Morgan fingerprint density at radius 2 is 1.86 bits per heavy atom. The summed E-state index contributed by atoms with van der Waals surface area (Å²) in [6.45, 7) is 0.129. The van der Waals surface area contributed by atoms with Crippen LogP contribution in [0.5, 0.6) is 0 Å². The number of aliphatic hydroxyl groups excluding tert-OH is 2. The molecule has 11 heteroatoms. The molecule has 0 spiro atoms. The molecular weight excluding hydrogens is 546 g/mol. The number of ether oxygens (including phenoxy) is 1. The maximum absolute atomic E-state index is 13.1. The highest BCUT2D eigenvalue weighted by Gasteiger charge is 2.45. The van der Waals surface area contributed by atoms with Gasteiger partial charge >= 0.3 is 0 Å². The fourth-order valence-corrected chi connectivity index (χ4v) is 5.84. The second kappa shape index (κ2) is 11.4. The molecule has 6 aromatic rings. The minimum atomic E-state index is -1.13. The van der Waals surface area contributed by atoms with Crippen LogP contribution in [0.15, 0.2) is 85.6 Å². The first-order chi connectivity index (χ1) is 21.1. The molecule has 0 bridgehead atoms. The van der Waals surface area contributed by atoms with Gasteiger partial charge in [-0.2, -0.15) is 0 Å². The lowest BCUT2D eigenvalue weighted by molar-refractivity contribution is -0.123. The maximum atomic E-state index is 13.1. The first kappa shape index (κ1) is 27.0. The molecule has 4 atom stereocenters. The Kier molecular flexibility index (Phi) is 7.19. The maximum Gasteiger partial charge on any atom is 0.220 e. The summed E-state index contributed by atoms with van der Waals surface area (Å²) in [4.78, 5) is 29.7. The van der Waals surface area contributed by atoms with Crippen molar-refractivity contribution in [3.63, 3.8) is 0 Å². The molecule has 7 rings (SSSR count). The van der Waals surface area contributed by atoms with Crippen molar-refractivity contribution in [1.82, 2.24) is 29.8 Å². The van der Waals surface area contributed by atoms with Crippen molar-refractivity contribution in [3.05, 3.63) is 96.7 Å². The number of amides is 1. The molecule has 1 amide bonds. The van der Waals surface area contributed by atoms with Gasteiger partial charge in [-0.05, 0) is 40.5 Å². The molecule has 3 aromatic heterocycles. The zero-order valence-corrected chi connectivity index (χ0v) is 23.2. The van der Waals surface area contributed by atoms with E-state index in [1.54, 1.807) is 10.9 Å². The van der Waals surface area contributed by atoms with Gasteiger partial charge < -0.3 is 30.6 Å². The third-order valence-corrected chi connectivity index (χ3v) is 8.08. The number of fused-ring (bicyclic) bond motifs is 3. The fraction of sp³-hybridized carbons (Fsp3) is 0.250. The zero-order valence-electron chi connectivity index (χ0n) is 23.2. The van der Waals surface area contributed by atoms with Crippen molar-refractivity contribution in [2.75, 3.05) is 11.9 Å². The van der Waals surface area contributed by atoms with Crippen molar-refractivity contribution >= 4 is 44.6 Å². The van der Waals surface area contributed by atoms with Gasteiger partial charge in [-0.1, -0.05) is 54.6 Å². The van der Waals surface area contributed by atoms with Gasteiger partial charge in [-0.15, -0.1) is 0 Å². The summed E-state index contributed by atoms with van der Waals surface area (Å²) >= 11 is 0. The molecule has 5 N–H and O–H groups in total. The molecular formula is C32H31N7O4. The molecule has 0 unspecified atom stereocenters. The van der Waals surface area contributed by atoms with Crippen LogP contribution >= 0.6 is 0 Å². The Morgan fingerprint density at radius 3 is 2.74 bits per heavy atom. The van der Waals surface area contributed by atoms with E-state index in [0.29, 0.717) is 29.9 Å². The Hall–Kier alpha value is -4.84. The first-order valence-corrected chi connectivity index (χ1v) is 14.3. The SMILES string of the molecule is O=C(CCc1c[nH]c2ccccc12)N[C@@H]1[C@H](O)[C@@H](CO)O[C@H]1n1cnc2c(NCc3ccc4ccccc4c3)ncnc21.